The highest BCUT2D eigenvalue weighted by Crippen LogP contribution is 2.28. The number of halogens is 3. The first-order valence-electron chi connectivity index (χ1n) is 7.87. The van der Waals surface area contributed by atoms with E-state index in [9.17, 15) is 5.11 Å². The molecule has 1 aromatic carbocycles. The molecule has 2 heterocycles. The maximum absolute atomic E-state index is 9.29. The number of hydrogen-bond donors (Lipinski definition) is 2. The number of nitrogens with one attached hydrogen (secondary N) is 1. The summed E-state index contributed by atoms with van der Waals surface area (Å²) in [4.78, 5) is 4.73. The van der Waals surface area contributed by atoms with Gasteiger partial charge in [-0.3, -0.25) is 0 Å². The Kier molecular flexibility index (Phi) is 7.32. The summed E-state index contributed by atoms with van der Waals surface area (Å²) >= 11 is 12.5. The van der Waals surface area contributed by atoms with E-state index in [4.69, 9.17) is 28.2 Å². The van der Waals surface area contributed by atoms with Gasteiger partial charge in [0.1, 0.15) is 5.82 Å². The number of aliphatic hydroxyl groups is 1. The van der Waals surface area contributed by atoms with Gasteiger partial charge in [-0.1, -0.05) is 29.3 Å². The van der Waals surface area contributed by atoms with Crippen LogP contribution in [-0.2, 0) is 13.0 Å². The Balaban J connectivity index is 0.00000208. The summed E-state index contributed by atoms with van der Waals surface area (Å²) in [5, 5.41) is 18.5. The van der Waals surface area contributed by atoms with E-state index in [-0.39, 0.29) is 19.0 Å². The summed E-state index contributed by atoms with van der Waals surface area (Å²) in [6.07, 6.45) is 2.57. The van der Waals surface area contributed by atoms with Crippen LogP contribution in [0.2, 0.25) is 10.0 Å². The Labute approximate surface area is 157 Å². The van der Waals surface area contributed by atoms with E-state index in [1.807, 2.05) is 22.9 Å². The van der Waals surface area contributed by atoms with E-state index in [0.29, 0.717) is 34.8 Å². The highest BCUT2D eigenvalue weighted by Gasteiger charge is 2.22. The third-order valence-electron chi connectivity index (χ3n) is 4.16. The van der Waals surface area contributed by atoms with E-state index in [2.05, 4.69) is 10.4 Å². The first kappa shape index (κ1) is 19.5. The van der Waals surface area contributed by atoms with Crippen molar-refractivity contribution in [1.82, 2.24) is 20.1 Å². The predicted octanol–water partition coefficient (Wildman–Crippen LogP) is 3.06. The number of benzene rings is 1. The molecule has 0 bridgehead atoms. The fourth-order valence-corrected chi connectivity index (χ4v) is 3.51. The second-order valence-electron chi connectivity index (χ2n) is 5.73. The molecule has 0 amide bonds. The van der Waals surface area contributed by atoms with Crippen LogP contribution in [0.3, 0.4) is 0 Å². The summed E-state index contributed by atoms with van der Waals surface area (Å²) in [5.74, 6) is 2.03. The monoisotopic (exact) mass is 390 g/mol. The minimum absolute atomic E-state index is 0. The van der Waals surface area contributed by atoms with Crippen molar-refractivity contribution in [2.45, 2.75) is 31.7 Å². The van der Waals surface area contributed by atoms with Gasteiger partial charge in [0.25, 0.3) is 0 Å². The smallest absolute Gasteiger partial charge is 0.155 e. The Hall–Kier alpha value is -0.850. The third kappa shape index (κ3) is 4.41. The molecule has 1 aliphatic rings. The molecule has 0 unspecified atom stereocenters. The minimum Gasteiger partial charge on any atom is -0.394 e. The van der Waals surface area contributed by atoms with Gasteiger partial charge in [0.15, 0.2) is 5.82 Å². The number of aromatic nitrogens is 3. The molecule has 1 aliphatic heterocycles. The lowest BCUT2D eigenvalue weighted by atomic mass is 9.97. The Bertz CT molecular complexity index is 651. The van der Waals surface area contributed by atoms with Gasteiger partial charge < -0.3 is 10.4 Å². The average Bonchev–Trinajstić information content (AvgIpc) is 2.95. The van der Waals surface area contributed by atoms with E-state index in [0.717, 1.165) is 37.3 Å². The maximum Gasteiger partial charge on any atom is 0.155 e. The second-order valence-corrected chi connectivity index (χ2v) is 6.55. The molecule has 2 aromatic rings. The molecule has 0 atom stereocenters. The number of nitrogens with zero attached hydrogens (tertiary/aromatic N) is 3. The van der Waals surface area contributed by atoms with Crippen molar-refractivity contribution >= 4 is 35.6 Å². The van der Waals surface area contributed by atoms with E-state index in [1.165, 1.54) is 0 Å². The Morgan fingerprint density at radius 1 is 1.21 bits per heavy atom. The fourth-order valence-electron chi connectivity index (χ4n) is 2.98. The van der Waals surface area contributed by atoms with Crippen LogP contribution in [0.5, 0.6) is 0 Å². The van der Waals surface area contributed by atoms with Crippen molar-refractivity contribution < 1.29 is 5.11 Å². The van der Waals surface area contributed by atoms with Crippen molar-refractivity contribution in [3.63, 3.8) is 0 Å². The molecule has 3 rings (SSSR count). The van der Waals surface area contributed by atoms with Crippen LogP contribution in [0.15, 0.2) is 18.2 Å². The summed E-state index contributed by atoms with van der Waals surface area (Å²) < 4.78 is 1.83. The standard InChI is InChI=1S/C16H20Cl2N4O.ClH/c17-13-2-1-3-14(18)12(13)10-15-20-16(22(21-15)8-9-23)11-4-6-19-7-5-11;/h1-3,11,19,23H,4-10H2;1H. The molecule has 0 aliphatic carbocycles. The highest BCUT2D eigenvalue weighted by molar-refractivity contribution is 6.36. The Morgan fingerprint density at radius 3 is 2.50 bits per heavy atom. The third-order valence-corrected chi connectivity index (χ3v) is 4.87. The van der Waals surface area contributed by atoms with Crippen LogP contribution in [0, 0.1) is 0 Å². The molecular weight excluding hydrogens is 371 g/mol. The number of aliphatic hydroxyl groups excluding tert-OH is 1. The normalized spacial score (nSPS) is 15.3. The van der Waals surface area contributed by atoms with Crippen LogP contribution < -0.4 is 5.32 Å². The molecule has 1 fully saturated rings. The van der Waals surface area contributed by atoms with Gasteiger partial charge in [-0.25, -0.2) is 9.67 Å². The zero-order chi connectivity index (χ0) is 16.2. The van der Waals surface area contributed by atoms with Crippen LogP contribution in [0.4, 0.5) is 0 Å². The summed E-state index contributed by atoms with van der Waals surface area (Å²) in [5.41, 5.74) is 0.842. The van der Waals surface area contributed by atoms with Crippen molar-refractivity contribution in [1.29, 1.82) is 0 Å². The van der Waals surface area contributed by atoms with Gasteiger partial charge in [-0.15, -0.1) is 12.4 Å². The Morgan fingerprint density at radius 2 is 1.88 bits per heavy atom. The lowest BCUT2D eigenvalue weighted by molar-refractivity contribution is 0.263. The van der Waals surface area contributed by atoms with Gasteiger partial charge in [0.2, 0.25) is 0 Å². The van der Waals surface area contributed by atoms with Gasteiger partial charge in [-0.2, -0.15) is 5.10 Å². The molecule has 8 heteroatoms. The molecule has 0 spiro atoms. The summed E-state index contributed by atoms with van der Waals surface area (Å²) in [6, 6.07) is 5.47. The minimum atomic E-state index is 0. The highest BCUT2D eigenvalue weighted by atomic mass is 35.5. The molecule has 0 saturated carbocycles. The molecule has 132 valence electrons. The van der Waals surface area contributed by atoms with Gasteiger partial charge >= 0.3 is 0 Å². The molecule has 5 nitrogen and oxygen atoms in total. The molecule has 1 aromatic heterocycles. The summed E-state index contributed by atoms with van der Waals surface area (Å²) in [7, 11) is 0. The number of piperidine rings is 1. The van der Waals surface area contributed by atoms with Gasteiger partial charge in [0.05, 0.1) is 13.2 Å². The maximum atomic E-state index is 9.29. The number of hydrogen-bond acceptors (Lipinski definition) is 4. The van der Waals surface area contributed by atoms with Crippen molar-refractivity contribution in [3.05, 3.63) is 45.5 Å². The van der Waals surface area contributed by atoms with E-state index >= 15 is 0 Å². The molecule has 0 radical (unpaired) electrons. The number of rotatable bonds is 5. The van der Waals surface area contributed by atoms with Crippen molar-refractivity contribution in [2.24, 2.45) is 0 Å². The quantitative estimate of drug-likeness (QED) is 0.822. The van der Waals surface area contributed by atoms with E-state index < -0.39 is 0 Å². The SMILES string of the molecule is Cl.OCCn1nc(Cc2c(Cl)cccc2Cl)nc1C1CCNCC1. The lowest BCUT2D eigenvalue weighted by Crippen LogP contribution is -2.28. The fraction of sp³-hybridized carbons (Fsp3) is 0.500. The molecule has 24 heavy (non-hydrogen) atoms. The zero-order valence-corrected chi connectivity index (χ0v) is 15.5. The lowest BCUT2D eigenvalue weighted by Gasteiger charge is -2.22. The zero-order valence-electron chi connectivity index (χ0n) is 13.2. The van der Waals surface area contributed by atoms with Crippen LogP contribution in [0.1, 0.15) is 36.0 Å². The second kappa shape index (κ2) is 9.02. The largest absolute Gasteiger partial charge is 0.394 e. The topological polar surface area (TPSA) is 63.0 Å². The molecule has 2 N–H and O–H groups in total. The van der Waals surface area contributed by atoms with Crippen LogP contribution in [0.25, 0.3) is 0 Å². The molecule has 1 saturated heterocycles. The average molecular weight is 392 g/mol. The molecular formula is C16H21Cl3N4O. The van der Waals surface area contributed by atoms with Crippen LogP contribution >= 0.6 is 35.6 Å². The van der Waals surface area contributed by atoms with Gasteiger partial charge in [-0.05, 0) is 43.6 Å². The van der Waals surface area contributed by atoms with Crippen molar-refractivity contribution in [2.75, 3.05) is 19.7 Å². The first-order chi connectivity index (χ1) is 11.2. The van der Waals surface area contributed by atoms with Gasteiger partial charge in [0, 0.05) is 22.4 Å². The predicted molar refractivity (Wildman–Crippen MR) is 98.5 cm³/mol. The first-order valence-corrected chi connectivity index (χ1v) is 8.62. The van der Waals surface area contributed by atoms with E-state index in [1.54, 1.807) is 0 Å². The summed E-state index contributed by atoms with van der Waals surface area (Å²) in [6.45, 7) is 2.49. The van der Waals surface area contributed by atoms with Crippen molar-refractivity contribution in [3.8, 4) is 0 Å². The van der Waals surface area contributed by atoms with Crippen LogP contribution in [-0.4, -0.2) is 39.6 Å².